The first-order valence-corrected chi connectivity index (χ1v) is 11.6. The fraction of sp³-hybridized carbons (Fsp3) is 0.200. The highest BCUT2D eigenvalue weighted by Crippen LogP contribution is 2.35. The summed E-state index contributed by atoms with van der Waals surface area (Å²) in [5, 5.41) is 15.1. The third-order valence-corrected chi connectivity index (χ3v) is 5.39. The van der Waals surface area contributed by atoms with Crippen molar-refractivity contribution in [1.29, 1.82) is 5.41 Å². The molecule has 0 aliphatic carbocycles. The Morgan fingerprint density at radius 3 is 2.56 bits per heavy atom. The molecule has 0 aliphatic heterocycles. The first kappa shape index (κ1) is 26.8. The van der Waals surface area contributed by atoms with E-state index in [0.29, 0.717) is 11.3 Å². The van der Waals surface area contributed by atoms with E-state index in [9.17, 15) is 9.59 Å². The van der Waals surface area contributed by atoms with E-state index in [1.165, 1.54) is 38.6 Å². The lowest BCUT2D eigenvalue weighted by Gasteiger charge is -2.21. The van der Waals surface area contributed by atoms with Crippen LogP contribution in [0.3, 0.4) is 0 Å². The van der Waals surface area contributed by atoms with E-state index in [-0.39, 0.29) is 47.9 Å². The van der Waals surface area contributed by atoms with E-state index < -0.39 is 23.5 Å². The monoisotopic (exact) mass is 536 g/mol. The van der Waals surface area contributed by atoms with Gasteiger partial charge in [-0.3, -0.25) is 15.2 Å². The van der Waals surface area contributed by atoms with Crippen LogP contribution in [0.4, 0.5) is 10.1 Å². The molecule has 5 N–H and O–H groups in total. The third kappa shape index (κ3) is 6.36. The Balaban J connectivity index is 1.78. The topological polar surface area (TPSA) is 183 Å². The summed E-state index contributed by atoms with van der Waals surface area (Å²) in [4.78, 5) is 34.5. The van der Waals surface area contributed by atoms with Gasteiger partial charge in [-0.25, -0.2) is 19.2 Å². The van der Waals surface area contributed by atoms with Gasteiger partial charge in [0.1, 0.15) is 30.8 Å². The molecule has 202 valence electrons. The van der Waals surface area contributed by atoms with Gasteiger partial charge in [-0.2, -0.15) is 0 Å². The number of amidine groups is 1. The molecule has 4 rings (SSSR count). The number of carbonyl (C=O) groups is 1. The molecule has 2 aromatic carbocycles. The SMILES string of the molecule is COc1cc(OCCOC(C)=O)c(F)c(C(Nc2ccc(C(=N)N)cc2)c2nn(-c3ncccn3)c(=O)[nH]2)c1. The summed E-state index contributed by atoms with van der Waals surface area (Å²) < 4.78 is 32.6. The minimum atomic E-state index is -1.06. The van der Waals surface area contributed by atoms with Gasteiger partial charge in [0.05, 0.1) is 7.11 Å². The van der Waals surface area contributed by atoms with Gasteiger partial charge in [-0.05, 0) is 36.4 Å². The number of anilines is 1. The zero-order chi connectivity index (χ0) is 27.9. The summed E-state index contributed by atoms with van der Waals surface area (Å²) in [6.07, 6.45) is 2.91. The first-order valence-electron chi connectivity index (χ1n) is 11.6. The number of aromatic amines is 1. The molecule has 39 heavy (non-hydrogen) atoms. The average molecular weight is 537 g/mol. The van der Waals surface area contributed by atoms with E-state index in [0.717, 1.165) is 4.68 Å². The molecule has 4 aromatic rings. The van der Waals surface area contributed by atoms with E-state index >= 15 is 4.39 Å². The highest BCUT2D eigenvalue weighted by Gasteiger charge is 2.27. The Hall–Kier alpha value is -5.27. The maximum absolute atomic E-state index is 15.9. The highest BCUT2D eigenvalue weighted by atomic mass is 19.1. The molecule has 0 radical (unpaired) electrons. The number of ether oxygens (including phenoxy) is 3. The second-order valence-electron chi connectivity index (χ2n) is 8.06. The number of rotatable bonds is 11. The molecule has 1 atom stereocenters. The number of halogens is 1. The van der Waals surface area contributed by atoms with Crippen LogP contribution in [0.2, 0.25) is 0 Å². The van der Waals surface area contributed by atoms with E-state index in [4.69, 9.17) is 25.4 Å². The minimum Gasteiger partial charge on any atom is -0.497 e. The van der Waals surface area contributed by atoms with Gasteiger partial charge >= 0.3 is 11.7 Å². The second kappa shape index (κ2) is 11.9. The van der Waals surface area contributed by atoms with Gasteiger partial charge < -0.3 is 25.3 Å². The fourth-order valence-electron chi connectivity index (χ4n) is 3.58. The van der Waals surface area contributed by atoms with Crippen LogP contribution in [0.25, 0.3) is 5.95 Å². The summed E-state index contributed by atoms with van der Waals surface area (Å²) in [5.74, 6) is -1.20. The average Bonchev–Trinajstić information content (AvgIpc) is 3.32. The largest absolute Gasteiger partial charge is 0.497 e. The molecule has 1 unspecified atom stereocenters. The van der Waals surface area contributed by atoms with Crippen molar-refractivity contribution in [3.05, 3.63) is 88.1 Å². The van der Waals surface area contributed by atoms with Crippen molar-refractivity contribution in [1.82, 2.24) is 24.7 Å². The first-order chi connectivity index (χ1) is 18.8. The zero-order valence-corrected chi connectivity index (χ0v) is 21.0. The van der Waals surface area contributed by atoms with Crippen molar-refractivity contribution >= 4 is 17.5 Å². The molecule has 0 saturated carbocycles. The fourth-order valence-corrected chi connectivity index (χ4v) is 3.58. The van der Waals surface area contributed by atoms with Crippen LogP contribution >= 0.6 is 0 Å². The van der Waals surface area contributed by atoms with Crippen LogP contribution in [0.1, 0.15) is 29.9 Å². The molecular weight excluding hydrogens is 511 g/mol. The van der Waals surface area contributed by atoms with Crippen LogP contribution in [0.15, 0.2) is 59.7 Å². The number of nitrogens with one attached hydrogen (secondary N) is 3. The number of esters is 1. The Kier molecular flexibility index (Phi) is 8.14. The molecule has 0 spiro atoms. The molecule has 2 heterocycles. The number of methoxy groups -OCH3 is 1. The van der Waals surface area contributed by atoms with Crippen molar-refractivity contribution < 1.29 is 23.4 Å². The van der Waals surface area contributed by atoms with Gasteiger partial charge in [0.15, 0.2) is 17.4 Å². The highest BCUT2D eigenvalue weighted by molar-refractivity contribution is 5.95. The zero-order valence-electron chi connectivity index (χ0n) is 21.0. The van der Waals surface area contributed by atoms with Crippen LogP contribution in [0, 0.1) is 11.2 Å². The predicted molar refractivity (Wildman–Crippen MR) is 138 cm³/mol. The normalized spacial score (nSPS) is 11.5. The van der Waals surface area contributed by atoms with Crippen molar-refractivity contribution in [3.63, 3.8) is 0 Å². The van der Waals surface area contributed by atoms with E-state index in [1.54, 1.807) is 30.3 Å². The molecule has 0 aliphatic rings. The molecular formula is C25H25FN8O5. The van der Waals surface area contributed by atoms with Crippen LogP contribution in [-0.2, 0) is 9.53 Å². The van der Waals surface area contributed by atoms with E-state index in [1.807, 2.05) is 0 Å². The predicted octanol–water partition coefficient (Wildman–Crippen LogP) is 1.93. The number of H-pyrrole nitrogens is 1. The summed E-state index contributed by atoms with van der Waals surface area (Å²) in [7, 11) is 1.41. The maximum Gasteiger partial charge on any atom is 0.350 e. The number of nitrogen functional groups attached to an aromatic ring is 1. The Labute approximate surface area is 221 Å². The lowest BCUT2D eigenvalue weighted by Crippen LogP contribution is -2.18. The van der Waals surface area contributed by atoms with Crippen molar-refractivity contribution in [2.45, 2.75) is 13.0 Å². The molecule has 2 aromatic heterocycles. The number of benzene rings is 2. The Morgan fingerprint density at radius 2 is 1.92 bits per heavy atom. The molecule has 13 nitrogen and oxygen atoms in total. The van der Waals surface area contributed by atoms with Crippen molar-refractivity contribution in [2.75, 3.05) is 25.6 Å². The maximum atomic E-state index is 15.9. The smallest absolute Gasteiger partial charge is 0.350 e. The minimum absolute atomic E-state index is 0.0233. The van der Waals surface area contributed by atoms with Gasteiger partial charge in [0, 0.05) is 42.2 Å². The van der Waals surface area contributed by atoms with Crippen LogP contribution < -0.4 is 26.2 Å². The van der Waals surface area contributed by atoms with Gasteiger partial charge in [0.2, 0.25) is 0 Å². The summed E-state index contributed by atoms with van der Waals surface area (Å²) in [5.41, 5.74) is 5.94. The standard InChI is InChI=1S/C25H25FN8O5/c1-14(35)38-10-11-39-19-13-17(37-2)12-18(20(19)26)21(31-16-6-4-15(5-7-16)22(27)28)23-32-25(36)34(33-23)24-29-8-3-9-30-24/h3-9,12-13,21,31H,10-11H2,1-2H3,(H3,27,28)(H,32,33,36). The van der Waals surface area contributed by atoms with Crippen LogP contribution in [0.5, 0.6) is 11.5 Å². The van der Waals surface area contributed by atoms with Gasteiger partial charge in [-0.1, -0.05) is 0 Å². The van der Waals surface area contributed by atoms with Gasteiger partial charge in [0.25, 0.3) is 5.95 Å². The Bertz CT molecular complexity index is 1520. The summed E-state index contributed by atoms with van der Waals surface area (Å²) in [6, 6.07) is 9.85. The number of nitrogens with two attached hydrogens (primary N) is 1. The number of aromatic nitrogens is 5. The molecule has 0 amide bonds. The number of carbonyl (C=O) groups excluding carboxylic acids is 1. The summed E-state index contributed by atoms with van der Waals surface area (Å²) >= 11 is 0. The number of hydrogen-bond donors (Lipinski definition) is 4. The molecule has 0 bridgehead atoms. The number of nitrogens with zero attached hydrogens (tertiary/aromatic N) is 4. The second-order valence-corrected chi connectivity index (χ2v) is 8.06. The molecule has 0 fully saturated rings. The lowest BCUT2D eigenvalue weighted by atomic mass is 10.0. The van der Waals surface area contributed by atoms with Crippen molar-refractivity contribution in [2.24, 2.45) is 5.73 Å². The quantitative estimate of drug-likeness (QED) is 0.0956. The number of hydrogen-bond acceptors (Lipinski definition) is 10. The van der Waals surface area contributed by atoms with Crippen molar-refractivity contribution in [3.8, 4) is 17.4 Å². The van der Waals surface area contributed by atoms with Gasteiger partial charge in [-0.15, -0.1) is 9.78 Å². The Morgan fingerprint density at radius 1 is 1.21 bits per heavy atom. The summed E-state index contributed by atoms with van der Waals surface area (Å²) in [6.45, 7) is 1.06. The third-order valence-electron chi connectivity index (χ3n) is 5.39. The van der Waals surface area contributed by atoms with Crippen LogP contribution in [-0.4, -0.2) is 56.9 Å². The lowest BCUT2D eigenvalue weighted by molar-refractivity contribution is -0.141. The molecule has 0 saturated heterocycles. The van der Waals surface area contributed by atoms with E-state index in [2.05, 4.69) is 25.4 Å². The molecule has 14 heteroatoms.